The van der Waals surface area contributed by atoms with Crippen molar-refractivity contribution in [2.75, 3.05) is 0 Å². The fourth-order valence-corrected chi connectivity index (χ4v) is 2.16. The molecule has 1 atom stereocenters. The summed E-state index contributed by atoms with van der Waals surface area (Å²) in [5, 5.41) is 0.217. The van der Waals surface area contributed by atoms with Crippen LogP contribution in [0.1, 0.15) is 18.1 Å². The first-order chi connectivity index (χ1) is 10.0. The summed E-state index contributed by atoms with van der Waals surface area (Å²) in [7, 11) is 0. The molecule has 4 heteroatoms. The zero-order chi connectivity index (χ0) is 15.2. The molecule has 0 bridgehead atoms. The van der Waals surface area contributed by atoms with Crippen LogP contribution in [-0.4, -0.2) is 11.2 Å². The quantitative estimate of drug-likeness (QED) is 0.723. The standard InChI is InChI=1S/C17H16Cl2O2/c1-12(20)17(19)10-14-3-2-4-16(9-14)21-11-13-5-7-15(18)8-6-13/h2-9,17H,10-11H2,1H3. The van der Waals surface area contributed by atoms with E-state index < -0.39 is 5.38 Å². The SMILES string of the molecule is CC(=O)C(Cl)Cc1cccc(OCc2ccc(Cl)cc2)c1. The summed E-state index contributed by atoms with van der Waals surface area (Å²) >= 11 is 11.8. The first-order valence-electron chi connectivity index (χ1n) is 6.65. The maximum absolute atomic E-state index is 11.2. The van der Waals surface area contributed by atoms with Crippen molar-refractivity contribution in [3.05, 3.63) is 64.7 Å². The maximum Gasteiger partial charge on any atom is 0.147 e. The zero-order valence-corrected chi connectivity index (χ0v) is 13.2. The molecule has 110 valence electrons. The largest absolute Gasteiger partial charge is 0.489 e. The normalized spacial score (nSPS) is 12.0. The summed E-state index contributed by atoms with van der Waals surface area (Å²) in [6, 6.07) is 15.2. The summed E-state index contributed by atoms with van der Waals surface area (Å²) in [5.74, 6) is 0.735. The van der Waals surface area contributed by atoms with Crippen molar-refractivity contribution in [3.63, 3.8) is 0 Å². The van der Waals surface area contributed by atoms with Gasteiger partial charge in [-0.25, -0.2) is 0 Å². The molecule has 0 saturated carbocycles. The van der Waals surface area contributed by atoms with Gasteiger partial charge < -0.3 is 4.74 Å². The Bertz CT molecular complexity index is 608. The molecule has 0 N–H and O–H groups in total. The molecule has 2 aromatic carbocycles. The minimum atomic E-state index is -0.489. The molecular formula is C17H16Cl2O2. The molecule has 0 amide bonds. The molecule has 0 aliphatic carbocycles. The molecule has 0 spiro atoms. The first-order valence-corrected chi connectivity index (χ1v) is 7.47. The third-order valence-electron chi connectivity index (χ3n) is 3.07. The van der Waals surface area contributed by atoms with Crippen LogP contribution in [0.3, 0.4) is 0 Å². The van der Waals surface area contributed by atoms with E-state index in [9.17, 15) is 4.79 Å². The number of carbonyl (C=O) groups is 1. The highest BCUT2D eigenvalue weighted by atomic mass is 35.5. The molecule has 0 saturated heterocycles. The molecular weight excluding hydrogens is 307 g/mol. The molecule has 2 aromatic rings. The summed E-state index contributed by atoms with van der Waals surface area (Å²) in [4.78, 5) is 11.2. The van der Waals surface area contributed by atoms with Crippen molar-refractivity contribution < 1.29 is 9.53 Å². The topological polar surface area (TPSA) is 26.3 Å². The van der Waals surface area contributed by atoms with Gasteiger partial charge >= 0.3 is 0 Å². The maximum atomic E-state index is 11.2. The summed E-state index contributed by atoms with van der Waals surface area (Å²) < 4.78 is 5.74. The Morgan fingerprint density at radius 1 is 1.14 bits per heavy atom. The summed E-state index contributed by atoms with van der Waals surface area (Å²) in [6.45, 7) is 1.97. The van der Waals surface area contributed by atoms with Crippen molar-refractivity contribution in [2.24, 2.45) is 0 Å². The number of halogens is 2. The predicted molar refractivity (Wildman–Crippen MR) is 86.3 cm³/mol. The number of Topliss-reactive ketones (excluding diaryl/α,β-unsaturated/α-hetero) is 1. The average molecular weight is 323 g/mol. The number of carbonyl (C=O) groups excluding carboxylic acids is 1. The first kappa shape index (κ1) is 15.9. The summed E-state index contributed by atoms with van der Waals surface area (Å²) in [6.07, 6.45) is 0.509. The van der Waals surface area contributed by atoms with Crippen molar-refractivity contribution >= 4 is 29.0 Å². The van der Waals surface area contributed by atoms with E-state index in [2.05, 4.69) is 0 Å². The molecule has 0 aliphatic heterocycles. The lowest BCUT2D eigenvalue weighted by Crippen LogP contribution is -2.13. The van der Waals surface area contributed by atoms with Crippen LogP contribution >= 0.6 is 23.2 Å². The molecule has 2 nitrogen and oxygen atoms in total. The van der Waals surface area contributed by atoms with E-state index in [-0.39, 0.29) is 5.78 Å². The Hall–Kier alpha value is -1.51. The highest BCUT2D eigenvalue weighted by molar-refractivity contribution is 6.31. The number of hydrogen-bond donors (Lipinski definition) is 0. The third-order valence-corrected chi connectivity index (χ3v) is 3.79. The second-order valence-corrected chi connectivity index (χ2v) is 5.81. The van der Waals surface area contributed by atoms with Crippen LogP contribution in [0.4, 0.5) is 0 Å². The van der Waals surface area contributed by atoms with Crippen LogP contribution in [0.25, 0.3) is 0 Å². The second kappa shape index (κ2) is 7.48. The van der Waals surface area contributed by atoms with Crippen LogP contribution in [0.15, 0.2) is 48.5 Å². The Morgan fingerprint density at radius 2 is 1.86 bits per heavy atom. The van der Waals surface area contributed by atoms with E-state index in [1.807, 2.05) is 48.5 Å². The van der Waals surface area contributed by atoms with E-state index in [1.165, 1.54) is 6.92 Å². The van der Waals surface area contributed by atoms with Crippen molar-refractivity contribution in [2.45, 2.75) is 25.3 Å². The van der Waals surface area contributed by atoms with Gasteiger partial charge in [0.25, 0.3) is 0 Å². The average Bonchev–Trinajstić information content (AvgIpc) is 2.47. The molecule has 0 heterocycles. The van der Waals surface area contributed by atoms with Crippen LogP contribution in [-0.2, 0) is 17.8 Å². The Labute approximate surface area is 134 Å². The van der Waals surface area contributed by atoms with E-state index in [1.54, 1.807) is 0 Å². The molecule has 0 aliphatic rings. The Kier molecular flexibility index (Phi) is 5.66. The van der Waals surface area contributed by atoms with Gasteiger partial charge in [0.15, 0.2) is 0 Å². The lowest BCUT2D eigenvalue weighted by atomic mass is 10.1. The summed E-state index contributed by atoms with van der Waals surface area (Å²) in [5.41, 5.74) is 2.03. The van der Waals surface area contributed by atoms with Gasteiger partial charge in [-0.15, -0.1) is 11.6 Å². The third kappa shape index (κ3) is 5.07. The van der Waals surface area contributed by atoms with E-state index in [0.717, 1.165) is 16.9 Å². The predicted octanol–water partition coefficient (Wildman–Crippen LogP) is 4.66. The monoisotopic (exact) mass is 322 g/mol. The lowest BCUT2D eigenvalue weighted by Gasteiger charge is -2.10. The van der Waals surface area contributed by atoms with Crippen LogP contribution < -0.4 is 4.74 Å². The number of ether oxygens (including phenoxy) is 1. The van der Waals surface area contributed by atoms with Crippen LogP contribution in [0, 0.1) is 0 Å². The number of ketones is 1. The van der Waals surface area contributed by atoms with Crippen LogP contribution in [0.2, 0.25) is 5.02 Å². The highest BCUT2D eigenvalue weighted by Crippen LogP contribution is 2.18. The van der Waals surface area contributed by atoms with Crippen LogP contribution in [0.5, 0.6) is 5.75 Å². The second-order valence-electron chi connectivity index (χ2n) is 4.84. The van der Waals surface area contributed by atoms with Gasteiger partial charge in [0, 0.05) is 5.02 Å². The van der Waals surface area contributed by atoms with Crippen molar-refractivity contribution in [1.82, 2.24) is 0 Å². The van der Waals surface area contributed by atoms with E-state index >= 15 is 0 Å². The smallest absolute Gasteiger partial charge is 0.147 e. The highest BCUT2D eigenvalue weighted by Gasteiger charge is 2.11. The van der Waals surface area contributed by atoms with Gasteiger partial charge in [0.05, 0.1) is 5.38 Å². The fraction of sp³-hybridized carbons (Fsp3) is 0.235. The molecule has 21 heavy (non-hydrogen) atoms. The lowest BCUT2D eigenvalue weighted by molar-refractivity contribution is -0.116. The number of hydrogen-bond acceptors (Lipinski definition) is 2. The molecule has 1 unspecified atom stereocenters. The van der Waals surface area contributed by atoms with Gasteiger partial charge in [0.2, 0.25) is 0 Å². The molecule has 0 radical (unpaired) electrons. The number of rotatable bonds is 6. The Morgan fingerprint density at radius 3 is 2.52 bits per heavy atom. The van der Waals surface area contributed by atoms with Crippen molar-refractivity contribution in [3.8, 4) is 5.75 Å². The van der Waals surface area contributed by atoms with E-state index in [4.69, 9.17) is 27.9 Å². The van der Waals surface area contributed by atoms with Gasteiger partial charge in [-0.3, -0.25) is 4.79 Å². The minimum Gasteiger partial charge on any atom is -0.489 e. The fourth-order valence-electron chi connectivity index (χ4n) is 1.86. The molecule has 2 rings (SSSR count). The van der Waals surface area contributed by atoms with Crippen molar-refractivity contribution in [1.29, 1.82) is 0 Å². The molecule has 0 aromatic heterocycles. The Balaban J connectivity index is 1.97. The van der Waals surface area contributed by atoms with E-state index in [0.29, 0.717) is 18.1 Å². The minimum absolute atomic E-state index is 0.0239. The van der Waals surface area contributed by atoms with Gasteiger partial charge in [-0.1, -0.05) is 35.9 Å². The van der Waals surface area contributed by atoms with Gasteiger partial charge in [-0.05, 0) is 48.7 Å². The van der Waals surface area contributed by atoms with Gasteiger partial charge in [-0.2, -0.15) is 0 Å². The van der Waals surface area contributed by atoms with Gasteiger partial charge in [0.1, 0.15) is 18.1 Å². The molecule has 0 fully saturated rings. The number of alkyl halides is 1. The number of benzene rings is 2. The zero-order valence-electron chi connectivity index (χ0n) is 11.7.